The second kappa shape index (κ2) is 7.43. The molecule has 0 unspecified atom stereocenters. The lowest BCUT2D eigenvalue weighted by atomic mass is 10.3. The van der Waals surface area contributed by atoms with Gasteiger partial charge < -0.3 is 15.4 Å². The van der Waals surface area contributed by atoms with Gasteiger partial charge >= 0.3 is 0 Å². The van der Waals surface area contributed by atoms with E-state index in [1.54, 1.807) is 31.6 Å². The molecule has 0 amide bonds. The van der Waals surface area contributed by atoms with Gasteiger partial charge in [-0.15, -0.1) is 0 Å². The Balaban J connectivity index is 1.70. The number of nitrogens with one attached hydrogen (secondary N) is 2. The molecule has 4 aromatic rings. The lowest BCUT2D eigenvalue weighted by molar-refractivity contribution is 0.415. The van der Waals surface area contributed by atoms with E-state index in [1.807, 2.05) is 36.4 Å². The van der Waals surface area contributed by atoms with Gasteiger partial charge in [-0.2, -0.15) is 9.97 Å². The number of rotatable bonds is 5. The van der Waals surface area contributed by atoms with Gasteiger partial charge in [-0.1, -0.05) is 11.6 Å². The van der Waals surface area contributed by atoms with E-state index in [0.717, 1.165) is 17.1 Å². The number of halogens is 1. The maximum atomic E-state index is 5.93. The highest BCUT2D eigenvalue weighted by Gasteiger charge is 2.11. The van der Waals surface area contributed by atoms with Gasteiger partial charge in [0.15, 0.2) is 17.0 Å². The van der Waals surface area contributed by atoms with Gasteiger partial charge in [0.2, 0.25) is 5.95 Å². The first-order valence-corrected chi connectivity index (χ1v) is 8.51. The van der Waals surface area contributed by atoms with Crippen molar-refractivity contribution in [2.24, 2.45) is 0 Å². The van der Waals surface area contributed by atoms with Crippen LogP contribution in [0.4, 0.5) is 23.1 Å². The lowest BCUT2D eigenvalue weighted by Crippen LogP contribution is -2.04. The van der Waals surface area contributed by atoms with Gasteiger partial charge in [0, 0.05) is 28.8 Å². The monoisotopic (exact) mass is 378 g/mol. The molecule has 0 aliphatic heterocycles. The molecule has 2 aromatic heterocycles. The first-order valence-electron chi connectivity index (χ1n) is 8.14. The standard InChI is InChI=1S/C19H15ClN6O/c1-27-15-8-6-13(7-9-15)23-18-16-17(22-11-10-21-16)25-19(26-18)24-14-4-2-12(20)3-5-14/h2-11H,1H3,(H2,22,23,24,25,26). The van der Waals surface area contributed by atoms with Crippen LogP contribution in [0.25, 0.3) is 11.2 Å². The smallest absolute Gasteiger partial charge is 0.231 e. The molecular formula is C19H15ClN6O. The second-order valence-corrected chi connectivity index (χ2v) is 6.05. The zero-order valence-electron chi connectivity index (χ0n) is 14.3. The average Bonchev–Trinajstić information content (AvgIpc) is 2.70. The molecule has 134 valence electrons. The first kappa shape index (κ1) is 17.0. The van der Waals surface area contributed by atoms with E-state index in [2.05, 4.69) is 30.6 Å². The number of ether oxygens (including phenoxy) is 1. The van der Waals surface area contributed by atoms with Gasteiger partial charge in [-0.3, -0.25) is 0 Å². The highest BCUT2D eigenvalue weighted by atomic mass is 35.5. The molecule has 8 heteroatoms. The SMILES string of the molecule is COc1ccc(Nc2nc(Nc3ccc(Cl)cc3)nc3nccnc23)cc1. The van der Waals surface area contributed by atoms with E-state index >= 15 is 0 Å². The van der Waals surface area contributed by atoms with Crippen molar-refractivity contribution >= 4 is 45.9 Å². The van der Waals surface area contributed by atoms with E-state index < -0.39 is 0 Å². The minimum atomic E-state index is 0.404. The second-order valence-electron chi connectivity index (χ2n) is 5.61. The molecule has 0 bridgehead atoms. The van der Waals surface area contributed by atoms with Crippen molar-refractivity contribution < 1.29 is 4.74 Å². The van der Waals surface area contributed by atoms with E-state index in [4.69, 9.17) is 16.3 Å². The molecule has 2 heterocycles. The minimum Gasteiger partial charge on any atom is -0.497 e. The number of methoxy groups -OCH3 is 1. The fourth-order valence-corrected chi connectivity index (χ4v) is 2.61. The molecule has 7 nitrogen and oxygen atoms in total. The van der Waals surface area contributed by atoms with Crippen molar-refractivity contribution in [1.29, 1.82) is 0 Å². The van der Waals surface area contributed by atoms with E-state index in [1.165, 1.54) is 0 Å². The maximum absolute atomic E-state index is 5.93. The van der Waals surface area contributed by atoms with Crippen LogP contribution in [0.15, 0.2) is 60.9 Å². The highest BCUT2D eigenvalue weighted by molar-refractivity contribution is 6.30. The molecule has 27 heavy (non-hydrogen) atoms. The van der Waals surface area contributed by atoms with Gasteiger partial charge in [0.1, 0.15) is 5.75 Å². The lowest BCUT2D eigenvalue weighted by Gasteiger charge is -2.11. The largest absolute Gasteiger partial charge is 0.497 e. The summed E-state index contributed by atoms with van der Waals surface area (Å²) < 4.78 is 5.19. The molecule has 0 spiro atoms. The summed E-state index contributed by atoms with van der Waals surface area (Å²) in [5, 5.41) is 7.08. The maximum Gasteiger partial charge on any atom is 0.231 e. The fraction of sp³-hybridized carbons (Fsp3) is 0.0526. The Bertz CT molecular complexity index is 1070. The molecule has 2 N–H and O–H groups in total. The van der Waals surface area contributed by atoms with E-state index in [-0.39, 0.29) is 0 Å². The van der Waals surface area contributed by atoms with Crippen LogP contribution in [0.3, 0.4) is 0 Å². The normalized spacial score (nSPS) is 10.6. The molecule has 0 atom stereocenters. The highest BCUT2D eigenvalue weighted by Crippen LogP contribution is 2.25. The van der Waals surface area contributed by atoms with Crippen molar-refractivity contribution in [3.63, 3.8) is 0 Å². The van der Waals surface area contributed by atoms with Crippen LogP contribution in [0.2, 0.25) is 5.02 Å². The van der Waals surface area contributed by atoms with Crippen LogP contribution < -0.4 is 15.4 Å². The Labute approximate surface area is 160 Å². The van der Waals surface area contributed by atoms with Gasteiger partial charge in [-0.25, -0.2) is 9.97 Å². The van der Waals surface area contributed by atoms with Crippen LogP contribution >= 0.6 is 11.6 Å². The Hall–Kier alpha value is -3.45. The summed E-state index contributed by atoms with van der Waals surface area (Å²) in [6.07, 6.45) is 3.20. The van der Waals surface area contributed by atoms with Crippen molar-refractivity contribution in [2.75, 3.05) is 17.7 Å². The summed E-state index contributed by atoms with van der Waals surface area (Å²) in [4.78, 5) is 17.6. The summed E-state index contributed by atoms with van der Waals surface area (Å²) >= 11 is 5.93. The third-order valence-electron chi connectivity index (χ3n) is 3.79. The fourth-order valence-electron chi connectivity index (χ4n) is 2.48. The summed E-state index contributed by atoms with van der Waals surface area (Å²) in [6, 6.07) is 14.8. The molecule has 4 rings (SSSR count). The molecule has 0 saturated heterocycles. The van der Waals surface area contributed by atoms with E-state index in [0.29, 0.717) is 28.0 Å². The third-order valence-corrected chi connectivity index (χ3v) is 4.04. The molecule has 0 aliphatic rings. The molecular weight excluding hydrogens is 364 g/mol. The molecule has 0 saturated carbocycles. The van der Waals surface area contributed by atoms with E-state index in [9.17, 15) is 0 Å². The Morgan fingerprint density at radius 3 is 2.22 bits per heavy atom. The number of benzene rings is 2. The summed E-state index contributed by atoms with van der Waals surface area (Å²) in [7, 11) is 1.63. The first-order chi connectivity index (χ1) is 13.2. The van der Waals surface area contributed by atoms with Crippen molar-refractivity contribution in [1.82, 2.24) is 19.9 Å². The summed E-state index contributed by atoms with van der Waals surface area (Å²) in [5.74, 6) is 1.73. The molecule has 2 aromatic carbocycles. The molecule has 0 fully saturated rings. The Morgan fingerprint density at radius 2 is 1.48 bits per heavy atom. The minimum absolute atomic E-state index is 0.404. The Kier molecular flexibility index (Phi) is 4.67. The van der Waals surface area contributed by atoms with Crippen molar-refractivity contribution in [3.8, 4) is 5.75 Å². The average molecular weight is 379 g/mol. The molecule has 0 aliphatic carbocycles. The van der Waals surface area contributed by atoms with Crippen molar-refractivity contribution in [3.05, 3.63) is 65.9 Å². The predicted octanol–water partition coefficient (Wildman–Crippen LogP) is 4.57. The van der Waals surface area contributed by atoms with Gasteiger partial charge in [0.05, 0.1) is 7.11 Å². The van der Waals surface area contributed by atoms with Crippen LogP contribution in [0, 0.1) is 0 Å². The predicted molar refractivity (Wildman–Crippen MR) is 106 cm³/mol. The third kappa shape index (κ3) is 3.88. The Morgan fingerprint density at radius 1 is 0.815 bits per heavy atom. The van der Waals surface area contributed by atoms with Crippen molar-refractivity contribution in [2.45, 2.75) is 0 Å². The zero-order chi connectivity index (χ0) is 18.6. The van der Waals surface area contributed by atoms with Crippen LogP contribution in [0.5, 0.6) is 5.75 Å². The number of nitrogens with zero attached hydrogens (tertiary/aromatic N) is 4. The van der Waals surface area contributed by atoms with Crippen LogP contribution in [-0.2, 0) is 0 Å². The number of fused-ring (bicyclic) bond motifs is 1. The topological polar surface area (TPSA) is 84.9 Å². The number of hydrogen-bond acceptors (Lipinski definition) is 7. The number of hydrogen-bond donors (Lipinski definition) is 2. The zero-order valence-corrected chi connectivity index (χ0v) is 15.1. The quantitative estimate of drug-likeness (QED) is 0.526. The summed E-state index contributed by atoms with van der Waals surface area (Å²) in [5.41, 5.74) is 2.73. The number of aromatic nitrogens is 4. The molecule has 0 radical (unpaired) electrons. The number of anilines is 4. The van der Waals surface area contributed by atoms with Gasteiger partial charge in [-0.05, 0) is 48.5 Å². The summed E-state index contributed by atoms with van der Waals surface area (Å²) in [6.45, 7) is 0. The van der Waals surface area contributed by atoms with Gasteiger partial charge in [0.25, 0.3) is 0 Å². The van der Waals surface area contributed by atoms with Crippen LogP contribution in [-0.4, -0.2) is 27.0 Å². The van der Waals surface area contributed by atoms with Crippen LogP contribution in [0.1, 0.15) is 0 Å².